The Hall–Kier alpha value is -5.80. The number of imide groups is 1. The van der Waals surface area contributed by atoms with Gasteiger partial charge in [0.05, 0.1) is 11.9 Å². The second-order valence-corrected chi connectivity index (χ2v) is 10.4. The number of nitrogens with one attached hydrogen (secondary N) is 2. The first-order chi connectivity index (χ1) is 22.3. The Morgan fingerprint density at radius 1 is 0.936 bits per heavy atom. The van der Waals surface area contributed by atoms with Gasteiger partial charge < -0.3 is 25.0 Å². The molecule has 4 amide bonds. The molecule has 2 aromatic heterocycles. The quantitative estimate of drug-likeness (QED) is 0.152. The highest BCUT2D eigenvalue weighted by molar-refractivity contribution is 6.23. The van der Waals surface area contributed by atoms with Gasteiger partial charge in [0, 0.05) is 36.6 Å². The molecule has 4 aromatic rings. The second-order valence-electron chi connectivity index (χ2n) is 10.4. The number of nitrogens with zero attached hydrogens (tertiary/aromatic N) is 4. The SMILES string of the molecule is CC(C)N1CC(C(=O)Nc2ccc(Oc3ccnc(Nc4ccc(OC(F)(F)F)cn4)c3)c(F)c2)C(=O)N(c2ccc(F)cc2)C1=O. The van der Waals surface area contributed by atoms with Gasteiger partial charge in [0.25, 0.3) is 0 Å². The smallest absolute Gasteiger partial charge is 0.454 e. The van der Waals surface area contributed by atoms with Gasteiger partial charge in [-0.1, -0.05) is 0 Å². The zero-order valence-electron chi connectivity index (χ0n) is 24.6. The number of hydrogen-bond donors (Lipinski definition) is 2. The Bertz CT molecular complexity index is 1790. The number of halogens is 5. The van der Waals surface area contributed by atoms with E-state index in [9.17, 15) is 31.9 Å². The molecule has 16 heteroatoms. The van der Waals surface area contributed by atoms with Crippen molar-refractivity contribution in [3.05, 3.63) is 90.8 Å². The highest BCUT2D eigenvalue weighted by Gasteiger charge is 2.44. The molecule has 0 saturated carbocycles. The first-order valence-corrected chi connectivity index (χ1v) is 13.9. The van der Waals surface area contributed by atoms with E-state index in [1.165, 1.54) is 53.6 Å². The van der Waals surface area contributed by atoms with Gasteiger partial charge in [0.15, 0.2) is 11.6 Å². The van der Waals surface area contributed by atoms with E-state index in [1.54, 1.807) is 13.8 Å². The minimum absolute atomic E-state index is 0.00934. The zero-order chi connectivity index (χ0) is 33.9. The molecule has 0 radical (unpaired) electrons. The van der Waals surface area contributed by atoms with Gasteiger partial charge in [-0.3, -0.25) is 9.59 Å². The number of benzene rings is 2. The number of hydrogen-bond acceptors (Lipinski definition) is 8. The predicted octanol–water partition coefficient (Wildman–Crippen LogP) is 6.62. The van der Waals surface area contributed by atoms with Crippen molar-refractivity contribution in [1.29, 1.82) is 0 Å². The summed E-state index contributed by atoms with van der Waals surface area (Å²) >= 11 is 0. The van der Waals surface area contributed by atoms with Crippen LogP contribution in [0, 0.1) is 17.6 Å². The fourth-order valence-corrected chi connectivity index (χ4v) is 4.53. The van der Waals surface area contributed by atoms with Crippen LogP contribution in [0.2, 0.25) is 0 Å². The maximum absolute atomic E-state index is 15.1. The van der Waals surface area contributed by atoms with E-state index >= 15 is 4.39 Å². The molecule has 2 N–H and O–H groups in total. The molecule has 0 aliphatic carbocycles. The number of urea groups is 1. The fourth-order valence-electron chi connectivity index (χ4n) is 4.53. The topological polar surface area (TPSA) is 126 Å². The number of rotatable bonds is 9. The highest BCUT2D eigenvalue weighted by Crippen LogP contribution is 2.30. The van der Waals surface area contributed by atoms with E-state index in [4.69, 9.17) is 4.74 Å². The first-order valence-electron chi connectivity index (χ1n) is 13.9. The van der Waals surface area contributed by atoms with Crippen LogP contribution in [0.15, 0.2) is 79.1 Å². The van der Waals surface area contributed by atoms with Crippen LogP contribution in [0.5, 0.6) is 17.2 Å². The summed E-state index contributed by atoms with van der Waals surface area (Å²) < 4.78 is 75.1. The predicted molar refractivity (Wildman–Crippen MR) is 158 cm³/mol. The lowest BCUT2D eigenvalue weighted by molar-refractivity contribution is -0.274. The molecule has 5 rings (SSSR count). The second kappa shape index (κ2) is 13.3. The van der Waals surface area contributed by atoms with Crippen molar-refractivity contribution >= 4 is 40.9 Å². The summed E-state index contributed by atoms with van der Waals surface area (Å²) in [5.74, 6) is -4.64. The average molecular weight is 657 g/mol. The van der Waals surface area contributed by atoms with Gasteiger partial charge in [0.2, 0.25) is 11.8 Å². The molecular formula is C31H25F5N6O5. The number of pyridine rings is 2. The Balaban J connectivity index is 1.26. The maximum atomic E-state index is 15.1. The van der Waals surface area contributed by atoms with E-state index in [0.29, 0.717) is 0 Å². The van der Waals surface area contributed by atoms with E-state index in [2.05, 4.69) is 25.3 Å². The van der Waals surface area contributed by atoms with E-state index in [0.717, 1.165) is 35.4 Å². The molecular weight excluding hydrogens is 631 g/mol. The number of aromatic nitrogens is 2. The molecule has 1 unspecified atom stereocenters. The van der Waals surface area contributed by atoms with Crippen molar-refractivity contribution in [2.24, 2.45) is 5.92 Å². The van der Waals surface area contributed by atoms with Crippen molar-refractivity contribution in [1.82, 2.24) is 14.9 Å². The van der Waals surface area contributed by atoms with Crippen LogP contribution in [0.3, 0.4) is 0 Å². The van der Waals surface area contributed by atoms with Gasteiger partial charge >= 0.3 is 12.4 Å². The standard InChI is InChI=1S/C31H25F5N6O5/c1-17(2)41-16-23(29(44)42(30(41)45)20-6-3-18(32)4-7-20)28(43)39-19-5-9-25(24(33)13-19)46-21-11-12-37-27(14-21)40-26-10-8-22(15-38-26)47-31(34,35)36/h3-15,17,23H,16H2,1-2H3,(H,39,43)(H,37,38,40). The van der Waals surface area contributed by atoms with Gasteiger partial charge in [-0.05, 0) is 68.4 Å². The molecule has 11 nitrogen and oxygen atoms in total. The minimum Gasteiger partial charge on any atom is -0.454 e. The molecule has 1 aliphatic rings. The fraction of sp³-hybridized carbons (Fsp3) is 0.194. The summed E-state index contributed by atoms with van der Waals surface area (Å²) in [5.41, 5.74) is 0.103. The molecule has 2 aromatic carbocycles. The van der Waals surface area contributed by atoms with Crippen LogP contribution in [-0.2, 0) is 9.59 Å². The number of anilines is 4. The summed E-state index contributed by atoms with van der Waals surface area (Å²) in [7, 11) is 0. The van der Waals surface area contributed by atoms with Crippen molar-refractivity contribution in [3.8, 4) is 17.2 Å². The van der Waals surface area contributed by atoms with E-state index in [-0.39, 0.29) is 47.1 Å². The maximum Gasteiger partial charge on any atom is 0.573 e. The number of carbonyl (C=O) groups is 3. The van der Waals surface area contributed by atoms with Crippen LogP contribution in [-0.4, -0.2) is 51.7 Å². The lowest BCUT2D eigenvalue weighted by Gasteiger charge is -2.39. The number of ether oxygens (including phenoxy) is 2. The van der Waals surface area contributed by atoms with Crippen LogP contribution in [0.25, 0.3) is 0 Å². The Morgan fingerprint density at radius 3 is 2.32 bits per heavy atom. The van der Waals surface area contributed by atoms with E-state index < -0.39 is 47.5 Å². The lowest BCUT2D eigenvalue weighted by atomic mass is 10.0. The van der Waals surface area contributed by atoms with Crippen molar-refractivity contribution in [3.63, 3.8) is 0 Å². The molecule has 1 saturated heterocycles. The average Bonchev–Trinajstić information content (AvgIpc) is 3.00. The molecule has 1 fully saturated rings. The summed E-state index contributed by atoms with van der Waals surface area (Å²) in [6.45, 7) is 3.21. The third-order valence-corrected chi connectivity index (χ3v) is 6.74. The summed E-state index contributed by atoms with van der Waals surface area (Å²) in [4.78, 5) is 49.7. The van der Waals surface area contributed by atoms with Crippen LogP contribution < -0.4 is 25.0 Å². The normalized spacial score (nSPS) is 15.1. The van der Waals surface area contributed by atoms with E-state index in [1.807, 2.05) is 0 Å². The number of carbonyl (C=O) groups excluding carboxylic acids is 3. The van der Waals surface area contributed by atoms with Crippen LogP contribution in [0.4, 0.5) is 49.8 Å². The minimum atomic E-state index is -4.86. The van der Waals surface area contributed by atoms with Gasteiger partial charge in [-0.25, -0.2) is 28.4 Å². The molecule has 1 atom stereocenters. The van der Waals surface area contributed by atoms with Crippen molar-refractivity contribution < 1.29 is 45.8 Å². The monoisotopic (exact) mass is 656 g/mol. The van der Waals surface area contributed by atoms with Gasteiger partial charge in [-0.15, -0.1) is 13.2 Å². The van der Waals surface area contributed by atoms with Gasteiger partial charge in [0.1, 0.15) is 34.9 Å². The van der Waals surface area contributed by atoms with Crippen LogP contribution >= 0.6 is 0 Å². The molecule has 0 spiro atoms. The molecule has 47 heavy (non-hydrogen) atoms. The first kappa shape index (κ1) is 32.6. The molecule has 3 heterocycles. The van der Waals surface area contributed by atoms with Crippen molar-refractivity contribution in [2.75, 3.05) is 22.1 Å². The summed E-state index contributed by atoms with van der Waals surface area (Å²) in [6.07, 6.45) is -2.65. The summed E-state index contributed by atoms with van der Waals surface area (Å²) in [6, 6.07) is 12.3. The highest BCUT2D eigenvalue weighted by atomic mass is 19.4. The van der Waals surface area contributed by atoms with Crippen molar-refractivity contribution in [2.45, 2.75) is 26.3 Å². The third-order valence-electron chi connectivity index (χ3n) is 6.74. The van der Waals surface area contributed by atoms with Crippen LogP contribution in [0.1, 0.15) is 13.8 Å². The molecule has 1 aliphatic heterocycles. The summed E-state index contributed by atoms with van der Waals surface area (Å²) in [5, 5.41) is 5.28. The Morgan fingerprint density at radius 2 is 1.68 bits per heavy atom. The Labute approximate surface area is 263 Å². The number of amides is 4. The lowest BCUT2D eigenvalue weighted by Crippen LogP contribution is -2.61. The molecule has 0 bridgehead atoms. The largest absolute Gasteiger partial charge is 0.573 e. The third kappa shape index (κ3) is 7.89. The Kier molecular flexibility index (Phi) is 9.21. The molecule has 244 valence electrons. The number of alkyl halides is 3. The zero-order valence-corrected chi connectivity index (χ0v) is 24.6. The van der Waals surface area contributed by atoms with Gasteiger partial charge in [-0.2, -0.15) is 0 Å².